The third-order valence-corrected chi connectivity index (χ3v) is 1.42. The topological polar surface area (TPSA) is 70.4 Å². The van der Waals surface area contributed by atoms with Crippen LogP contribution < -0.4 is 0 Å². The van der Waals surface area contributed by atoms with Crippen LogP contribution in [-0.2, 0) is 0 Å². The fraction of sp³-hybridized carbons (Fsp3) is 0.200. The Morgan fingerprint density at radius 1 is 1.64 bits per heavy atom. The van der Waals surface area contributed by atoms with Gasteiger partial charge in [-0.15, -0.1) is 0 Å². The molecule has 0 radical (unpaired) electrons. The van der Waals surface area contributed by atoms with Gasteiger partial charge in [-0.25, -0.2) is 9.78 Å². The van der Waals surface area contributed by atoms with Gasteiger partial charge in [-0.05, 0) is 25.0 Å². The van der Waals surface area contributed by atoms with E-state index < -0.39 is 12.1 Å². The van der Waals surface area contributed by atoms with Gasteiger partial charge in [0, 0.05) is 6.20 Å². The van der Waals surface area contributed by atoms with Gasteiger partial charge in [-0.3, -0.25) is 0 Å². The van der Waals surface area contributed by atoms with Crippen LogP contribution in [0.5, 0.6) is 0 Å². The molecule has 0 saturated carbocycles. The van der Waals surface area contributed by atoms with Crippen molar-refractivity contribution in [3.8, 4) is 11.8 Å². The summed E-state index contributed by atoms with van der Waals surface area (Å²) in [5, 5.41) is 17.5. The molecule has 4 nitrogen and oxygen atoms in total. The maximum Gasteiger partial charge on any atom is 0.335 e. The Kier molecular flexibility index (Phi) is 3.21. The molecular weight excluding hydrogens is 182 g/mol. The number of aromatic carboxylic acids is 1. The zero-order chi connectivity index (χ0) is 10.6. The van der Waals surface area contributed by atoms with Gasteiger partial charge in [0.2, 0.25) is 0 Å². The van der Waals surface area contributed by atoms with E-state index in [0.29, 0.717) is 5.69 Å². The van der Waals surface area contributed by atoms with Crippen molar-refractivity contribution in [3.05, 3.63) is 29.6 Å². The number of pyridine rings is 1. The molecule has 0 spiro atoms. The van der Waals surface area contributed by atoms with Gasteiger partial charge in [0.25, 0.3) is 0 Å². The number of aliphatic hydroxyl groups is 1. The van der Waals surface area contributed by atoms with Crippen LogP contribution in [0.1, 0.15) is 23.0 Å². The van der Waals surface area contributed by atoms with Crippen molar-refractivity contribution in [1.82, 2.24) is 4.98 Å². The number of hydrogen-bond donors (Lipinski definition) is 2. The summed E-state index contributed by atoms with van der Waals surface area (Å²) in [6, 6.07) is 2.74. The Balaban J connectivity index is 2.96. The van der Waals surface area contributed by atoms with E-state index in [1.165, 1.54) is 25.3 Å². The van der Waals surface area contributed by atoms with Crippen LogP contribution >= 0.6 is 0 Å². The highest BCUT2D eigenvalue weighted by Gasteiger charge is 2.02. The third-order valence-electron chi connectivity index (χ3n) is 1.42. The molecule has 1 atom stereocenters. The summed E-state index contributed by atoms with van der Waals surface area (Å²) in [4.78, 5) is 14.4. The van der Waals surface area contributed by atoms with E-state index in [-0.39, 0.29) is 5.56 Å². The summed E-state index contributed by atoms with van der Waals surface area (Å²) in [6.07, 6.45) is 0.625. The predicted molar refractivity (Wildman–Crippen MR) is 49.8 cm³/mol. The molecule has 2 N–H and O–H groups in total. The van der Waals surface area contributed by atoms with Crippen molar-refractivity contribution in [2.75, 3.05) is 0 Å². The minimum absolute atomic E-state index is 0.134. The molecule has 0 aliphatic carbocycles. The molecule has 1 aromatic heterocycles. The minimum Gasteiger partial charge on any atom is -0.478 e. The molecule has 0 aliphatic rings. The molecule has 72 valence electrons. The van der Waals surface area contributed by atoms with E-state index in [1.807, 2.05) is 0 Å². The van der Waals surface area contributed by atoms with Crippen LogP contribution in [0, 0.1) is 11.8 Å². The summed E-state index contributed by atoms with van der Waals surface area (Å²) < 4.78 is 0. The van der Waals surface area contributed by atoms with Gasteiger partial charge in [0.15, 0.2) is 0 Å². The Hall–Kier alpha value is -1.86. The number of carbonyl (C=O) groups is 1. The Bertz CT molecular complexity index is 401. The normalized spacial score (nSPS) is 11.3. The second-order valence-corrected chi connectivity index (χ2v) is 2.68. The van der Waals surface area contributed by atoms with E-state index in [0.717, 1.165) is 0 Å². The van der Waals surface area contributed by atoms with Gasteiger partial charge in [0.05, 0.1) is 5.56 Å². The number of aromatic nitrogens is 1. The standard InChI is InChI=1S/C10H9NO3/c1-7(12)2-3-9-6-8(10(13)14)4-5-11-9/h4-7,12H,1H3,(H,13,14)/t7-/m1/s1. The molecule has 0 saturated heterocycles. The average molecular weight is 191 g/mol. The van der Waals surface area contributed by atoms with Gasteiger partial charge in [-0.1, -0.05) is 5.92 Å². The fourth-order valence-electron chi connectivity index (χ4n) is 0.810. The number of hydrogen-bond acceptors (Lipinski definition) is 3. The lowest BCUT2D eigenvalue weighted by molar-refractivity contribution is 0.0696. The fourth-order valence-corrected chi connectivity index (χ4v) is 0.810. The van der Waals surface area contributed by atoms with Gasteiger partial charge >= 0.3 is 5.97 Å². The molecular formula is C10H9NO3. The maximum atomic E-state index is 10.6. The molecule has 0 unspecified atom stereocenters. The molecule has 0 aromatic carbocycles. The average Bonchev–Trinajstić information content (AvgIpc) is 2.15. The molecule has 14 heavy (non-hydrogen) atoms. The van der Waals surface area contributed by atoms with Crippen molar-refractivity contribution in [2.45, 2.75) is 13.0 Å². The number of carboxylic acids is 1. The molecule has 1 heterocycles. The first-order chi connectivity index (χ1) is 6.59. The van der Waals surface area contributed by atoms with E-state index >= 15 is 0 Å². The highest BCUT2D eigenvalue weighted by Crippen LogP contribution is 2.00. The molecule has 0 amide bonds. The largest absolute Gasteiger partial charge is 0.478 e. The van der Waals surface area contributed by atoms with Crippen LogP contribution in [0.25, 0.3) is 0 Å². The quantitative estimate of drug-likeness (QED) is 0.634. The van der Waals surface area contributed by atoms with E-state index in [4.69, 9.17) is 10.2 Å². The zero-order valence-corrected chi connectivity index (χ0v) is 7.56. The van der Waals surface area contributed by atoms with Crippen molar-refractivity contribution < 1.29 is 15.0 Å². The summed E-state index contributed by atoms with van der Waals surface area (Å²) in [6.45, 7) is 1.52. The predicted octanol–water partition coefficient (Wildman–Crippen LogP) is 0.512. The van der Waals surface area contributed by atoms with Gasteiger partial charge < -0.3 is 10.2 Å². The third kappa shape index (κ3) is 2.88. The lowest BCUT2D eigenvalue weighted by Gasteiger charge is -1.94. The van der Waals surface area contributed by atoms with E-state index in [2.05, 4.69) is 16.8 Å². The molecule has 0 aliphatic heterocycles. The number of carboxylic acid groups (broad SMARTS) is 1. The highest BCUT2D eigenvalue weighted by molar-refractivity contribution is 5.87. The lowest BCUT2D eigenvalue weighted by Crippen LogP contribution is -1.98. The summed E-state index contributed by atoms with van der Waals surface area (Å²) in [5.74, 6) is 4.02. The Morgan fingerprint density at radius 2 is 2.36 bits per heavy atom. The number of rotatable bonds is 1. The molecule has 1 rings (SSSR count). The monoisotopic (exact) mass is 191 g/mol. The molecule has 4 heteroatoms. The van der Waals surface area contributed by atoms with Crippen LogP contribution in [-0.4, -0.2) is 27.3 Å². The highest BCUT2D eigenvalue weighted by atomic mass is 16.4. The summed E-state index contributed by atoms with van der Waals surface area (Å²) in [5.41, 5.74) is 0.473. The van der Waals surface area contributed by atoms with Crippen LogP contribution in [0.2, 0.25) is 0 Å². The molecule has 0 bridgehead atoms. The van der Waals surface area contributed by atoms with Gasteiger partial charge in [0.1, 0.15) is 11.8 Å². The lowest BCUT2D eigenvalue weighted by atomic mass is 10.2. The van der Waals surface area contributed by atoms with Crippen LogP contribution in [0.4, 0.5) is 0 Å². The van der Waals surface area contributed by atoms with Crippen LogP contribution in [0.3, 0.4) is 0 Å². The van der Waals surface area contributed by atoms with Crippen molar-refractivity contribution in [1.29, 1.82) is 0 Å². The minimum atomic E-state index is -1.02. The Labute approximate surface area is 81.2 Å². The zero-order valence-electron chi connectivity index (χ0n) is 7.56. The Morgan fingerprint density at radius 3 is 2.93 bits per heavy atom. The van der Waals surface area contributed by atoms with Crippen molar-refractivity contribution in [2.24, 2.45) is 0 Å². The van der Waals surface area contributed by atoms with Crippen LogP contribution in [0.15, 0.2) is 18.3 Å². The maximum absolute atomic E-state index is 10.6. The SMILES string of the molecule is C[C@@H](O)C#Cc1cc(C(=O)O)ccn1. The molecule has 0 fully saturated rings. The smallest absolute Gasteiger partial charge is 0.335 e. The van der Waals surface area contributed by atoms with E-state index in [1.54, 1.807) is 0 Å². The van der Waals surface area contributed by atoms with E-state index in [9.17, 15) is 4.79 Å². The summed E-state index contributed by atoms with van der Waals surface area (Å²) in [7, 11) is 0. The van der Waals surface area contributed by atoms with Crippen molar-refractivity contribution in [3.63, 3.8) is 0 Å². The second kappa shape index (κ2) is 4.40. The first kappa shape index (κ1) is 10.2. The second-order valence-electron chi connectivity index (χ2n) is 2.68. The molecule has 1 aromatic rings. The van der Waals surface area contributed by atoms with Crippen molar-refractivity contribution >= 4 is 5.97 Å². The first-order valence-electron chi connectivity index (χ1n) is 3.98. The summed E-state index contributed by atoms with van der Waals surface area (Å²) >= 11 is 0. The number of nitrogens with zero attached hydrogens (tertiary/aromatic N) is 1. The first-order valence-corrected chi connectivity index (χ1v) is 3.98. The number of aliphatic hydroxyl groups excluding tert-OH is 1. The van der Waals surface area contributed by atoms with Gasteiger partial charge in [-0.2, -0.15) is 0 Å².